The van der Waals surface area contributed by atoms with Gasteiger partial charge in [0, 0.05) is 19.6 Å². The molecule has 1 aliphatic heterocycles. The first-order valence-corrected chi connectivity index (χ1v) is 9.78. The summed E-state index contributed by atoms with van der Waals surface area (Å²) in [6, 6.07) is 10.2. The maximum absolute atomic E-state index is 12.5. The first-order chi connectivity index (χ1) is 13.5. The summed E-state index contributed by atoms with van der Waals surface area (Å²) in [5.74, 6) is -0.377. The first-order valence-electron chi connectivity index (χ1n) is 9.78. The quantitative estimate of drug-likeness (QED) is 0.716. The van der Waals surface area contributed by atoms with Crippen LogP contribution in [0.2, 0.25) is 0 Å². The Balaban J connectivity index is 1.56. The Morgan fingerprint density at radius 2 is 2.11 bits per heavy atom. The number of carbonyl (C=O) groups excluding carboxylic acids is 2. The molecule has 0 saturated carbocycles. The van der Waals surface area contributed by atoms with E-state index in [4.69, 9.17) is 0 Å². The summed E-state index contributed by atoms with van der Waals surface area (Å²) in [7, 11) is 0. The van der Waals surface area contributed by atoms with Gasteiger partial charge >= 0.3 is 0 Å². The maximum atomic E-state index is 12.5. The summed E-state index contributed by atoms with van der Waals surface area (Å²) in [5.41, 5.74) is 1.57. The van der Waals surface area contributed by atoms with Crippen molar-refractivity contribution in [2.75, 3.05) is 19.6 Å². The van der Waals surface area contributed by atoms with Crippen molar-refractivity contribution in [1.82, 2.24) is 30.5 Å². The number of hydrogen-bond acceptors (Lipinski definition) is 5. The topological polar surface area (TPSA) is 92.2 Å². The fourth-order valence-electron chi connectivity index (χ4n) is 3.27. The molecule has 1 aromatic carbocycles. The van der Waals surface area contributed by atoms with Gasteiger partial charge in [-0.2, -0.15) is 0 Å². The zero-order valence-corrected chi connectivity index (χ0v) is 16.7. The van der Waals surface area contributed by atoms with Crippen LogP contribution in [0.1, 0.15) is 47.3 Å². The second kappa shape index (κ2) is 8.97. The molecular formula is C20H28N6O2. The molecule has 2 N–H and O–H groups in total. The fourth-order valence-corrected chi connectivity index (χ4v) is 3.27. The summed E-state index contributed by atoms with van der Waals surface area (Å²) in [5, 5.41) is 13.8. The summed E-state index contributed by atoms with van der Waals surface area (Å²) < 4.78 is 1.53. The third kappa shape index (κ3) is 4.56. The molecule has 1 unspecified atom stereocenters. The minimum atomic E-state index is -0.366. The molecule has 2 amide bonds. The van der Waals surface area contributed by atoms with E-state index in [1.54, 1.807) is 0 Å². The minimum absolute atomic E-state index is 0.00582. The molecule has 0 spiro atoms. The van der Waals surface area contributed by atoms with Crippen molar-refractivity contribution in [2.45, 2.75) is 39.9 Å². The van der Waals surface area contributed by atoms with Crippen LogP contribution >= 0.6 is 0 Å². The van der Waals surface area contributed by atoms with Crippen molar-refractivity contribution in [3.05, 3.63) is 47.3 Å². The maximum Gasteiger partial charge on any atom is 0.274 e. The molecule has 28 heavy (non-hydrogen) atoms. The van der Waals surface area contributed by atoms with Crippen molar-refractivity contribution >= 4 is 11.8 Å². The zero-order valence-electron chi connectivity index (χ0n) is 16.7. The lowest BCUT2D eigenvalue weighted by molar-refractivity contribution is 0.0861. The van der Waals surface area contributed by atoms with E-state index in [1.807, 2.05) is 32.0 Å². The predicted molar refractivity (Wildman–Crippen MR) is 106 cm³/mol. The van der Waals surface area contributed by atoms with Gasteiger partial charge in [0.05, 0.1) is 12.6 Å². The van der Waals surface area contributed by atoms with Crippen molar-refractivity contribution in [3.8, 4) is 0 Å². The number of nitrogens with one attached hydrogen (secondary N) is 2. The molecule has 150 valence electrons. The fraction of sp³-hybridized carbons (Fsp3) is 0.500. The molecule has 1 atom stereocenters. The largest absolute Gasteiger partial charge is 0.349 e. The Morgan fingerprint density at radius 1 is 1.36 bits per heavy atom. The van der Waals surface area contributed by atoms with Gasteiger partial charge in [-0.25, -0.2) is 4.68 Å². The normalized spacial score (nSPS) is 16.2. The van der Waals surface area contributed by atoms with Gasteiger partial charge in [0.25, 0.3) is 11.8 Å². The molecule has 0 radical (unpaired) electrons. The number of hydrogen-bond donors (Lipinski definition) is 2. The molecule has 0 fully saturated rings. The van der Waals surface area contributed by atoms with E-state index in [0.29, 0.717) is 19.6 Å². The molecule has 0 bridgehead atoms. The molecule has 3 rings (SSSR count). The molecule has 1 aromatic heterocycles. The summed E-state index contributed by atoms with van der Waals surface area (Å²) in [6.45, 7) is 9.59. The number of likely N-dealkylation sites (N-methyl/N-ethyl adjacent to an activating group) is 1. The van der Waals surface area contributed by atoms with E-state index in [2.05, 4.69) is 44.9 Å². The molecule has 0 saturated heterocycles. The Hall–Kier alpha value is -2.74. The van der Waals surface area contributed by atoms with Crippen LogP contribution in [-0.4, -0.2) is 57.4 Å². The smallest absolute Gasteiger partial charge is 0.274 e. The molecule has 2 aromatic rings. The van der Waals surface area contributed by atoms with E-state index >= 15 is 0 Å². The van der Waals surface area contributed by atoms with Crippen molar-refractivity contribution in [1.29, 1.82) is 0 Å². The SMILES string of the molecule is CCN(CCNC(=O)c1nnn2c1C(=O)NC(C(C)C)C2)Cc1ccccc1. The highest BCUT2D eigenvalue weighted by Gasteiger charge is 2.32. The first kappa shape index (κ1) is 20.0. The average molecular weight is 384 g/mol. The minimum Gasteiger partial charge on any atom is -0.349 e. The molecule has 0 aliphatic carbocycles. The monoisotopic (exact) mass is 384 g/mol. The van der Waals surface area contributed by atoms with E-state index in [-0.39, 0.29) is 35.2 Å². The van der Waals surface area contributed by atoms with Crippen LogP contribution in [0, 0.1) is 5.92 Å². The van der Waals surface area contributed by atoms with E-state index in [1.165, 1.54) is 10.2 Å². The van der Waals surface area contributed by atoms with Crippen LogP contribution in [0.25, 0.3) is 0 Å². The Labute approximate surface area is 165 Å². The molecule has 2 heterocycles. The zero-order chi connectivity index (χ0) is 20.1. The Morgan fingerprint density at radius 3 is 2.79 bits per heavy atom. The number of amides is 2. The number of carbonyl (C=O) groups is 2. The highest BCUT2D eigenvalue weighted by molar-refractivity contribution is 6.05. The molecule has 1 aliphatic rings. The van der Waals surface area contributed by atoms with Crippen LogP contribution in [0.3, 0.4) is 0 Å². The highest BCUT2D eigenvalue weighted by atomic mass is 16.2. The average Bonchev–Trinajstić information content (AvgIpc) is 3.12. The van der Waals surface area contributed by atoms with Crippen molar-refractivity contribution < 1.29 is 9.59 Å². The summed E-state index contributed by atoms with van der Waals surface area (Å²) in [4.78, 5) is 27.2. The second-order valence-electron chi connectivity index (χ2n) is 7.40. The van der Waals surface area contributed by atoms with Crippen molar-refractivity contribution in [3.63, 3.8) is 0 Å². The van der Waals surface area contributed by atoms with Gasteiger partial charge in [-0.1, -0.05) is 56.3 Å². The van der Waals surface area contributed by atoms with Gasteiger partial charge in [0.15, 0.2) is 11.4 Å². The van der Waals surface area contributed by atoms with Crippen LogP contribution in [0.5, 0.6) is 0 Å². The van der Waals surface area contributed by atoms with Crippen LogP contribution in [0.15, 0.2) is 30.3 Å². The summed E-state index contributed by atoms with van der Waals surface area (Å²) in [6.07, 6.45) is 0. The van der Waals surface area contributed by atoms with Crippen LogP contribution in [0.4, 0.5) is 0 Å². The number of aromatic nitrogens is 3. The summed E-state index contributed by atoms with van der Waals surface area (Å²) >= 11 is 0. The van der Waals surface area contributed by atoms with Gasteiger partial charge in [-0.05, 0) is 18.0 Å². The van der Waals surface area contributed by atoms with Gasteiger partial charge in [-0.3, -0.25) is 14.5 Å². The lowest BCUT2D eigenvalue weighted by Gasteiger charge is -2.27. The third-order valence-electron chi connectivity index (χ3n) is 5.07. The van der Waals surface area contributed by atoms with E-state index in [9.17, 15) is 9.59 Å². The number of nitrogens with zero attached hydrogens (tertiary/aromatic N) is 4. The molecule has 8 heteroatoms. The van der Waals surface area contributed by atoms with Crippen molar-refractivity contribution in [2.24, 2.45) is 5.92 Å². The van der Waals surface area contributed by atoms with Gasteiger partial charge < -0.3 is 10.6 Å². The molecule has 8 nitrogen and oxygen atoms in total. The van der Waals surface area contributed by atoms with Crippen LogP contribution in [-0.2, 0) is 13.1 Å². The second-order valence-corrected chi connectivity index (χ2v) is 7.40. The lowest BCUT2D eigenvalue weighted by atomic mass is 10.0. The number of rotatable bonds is 8. The van der Waals surface area contributed by atoms with Gasteiger partial charge in [0.2, 0.25) is 0 Å². The third-order valence-corrected chi connectivity index (χ3v) is 5.07. The Bertz CT molecular complexity index is 817. The highest BCUT2D eigenvalue weighted by Crippen LogP contribution is 2.15. The van der Waals surface area contributed by atoms with Crippen LogP contribution < -0.4 is 10.6 Å². The lowest BCUT2D eigenvalue weighted by Crippen LogP contribution is -2.48. The van der Waals surface area contributed by atoms with Gasteiger partial charge in [-0.15, -0.1) is 5.10 Å². The van der Waals surface area contributed by atoms with E-state index < -0.39 is 0 Å². The standard InChI is InChI=1S/C20H28N6O2/c1-4-25(12-15-8-6-5-7-9-15)11-10-21-19(27)17-18-20(28)22-16(14(2)3)13-26(18)24-23-17/h5-9,14,16H,4,10-13H2,1-3H3,(H,21,27)(H,22,28). The number of benzene rings is 1. The van der Waals surface area contributed by atoms with E-state index in [0.717, 1.165) is 13.1 Å². The predicted octanol–water partition coefficient (Wildman–Crippen LogP) is 1.30. The number of fused-ring (bicyclic) bond motifs is 1. The molecular weight excluding hydrogens is 356 g/mol. The van der Waals surface area contributed by atoms with Gasteiger partial charge in [0.1, 0.15) is 0 Å². The Kier molecular flexibility index (Phi) is 6.41.